The van der Waals surface area contributed by atoms with E-state index in [0.717, 1.165) is 50.4 Å². The van der Waals surface area contributed by atoms with E-state index >= 15 is 0 Å². The summed E-state index contributed by atoms with van der Waals surface area (Å²) in [7, 11) is 0. The predicted octanol–water partition coefficient (Wildman–Crippen LogP) is 4.79. The lowest BCUT2D eigenvalue weighted by Crippen LogP contribution is -2.35. The van der Waals surface area contributed by atoms with Crippen LogP contribution in [0.1, 0.15) is 35.2 Å². The molecule has 3 nitrogen and oxygen atoms in total. The number of rotatable bonds is 5. The lowest BCUT2D eigenvalue weighted by Gasteiger charge is -2.31. The molecule has 1 aromatic carbocycles. The number of halogens is 3. The van der Waals surface area contributed by atoms with Gasteiger partial charge in [-0.05, 0) is 88.3 Å². The van der Waals surface area contributed by atoms with Crippen molar-refractivity contribution in [1.29, 1.82) is 0 Å². The van der Waals surface area contributed by atoms with E-state index in [1.165, 1.54) is 6.42 Å². The summed E-state index contributed by atoms with van der Waals surface area (Å²) in [5.74, 6) is 2.42. The normalized spacial score (nSPS) is 18.6. The minimum atomic E-state index is -0.871. The van der Waals surface area contributed by atoms with Gasteiger partial charge in [0.2, 0.25) is 0 Å². The first-order valence-electron chi connectivity index (χ1n) is 7.49. The minimum Gasteiger partial charge on any atom is -0.478 e. The number of likely N-dealkylation sites (tertiary alicyclic amines) is 1. The highest BCUT2D eigenvalue weighted by molar-refractivity contribution is 14.1. The van der Waals surface area contributed by atoms with Gasteiger partial charge >= 0.3 is 5.97 Å². The molecule has 1 N–H and O–H groups in total. The molecule has 0 saturated carbocycles. The molecule has 1 aromatic rings. The van der Waals surface area contributed by atoms with E-state index in [1.807, 2.05) is 6.07 Å². The van der Waals surface area contributed by atoms with Crippen molar-refractivity contribution in [3.63, 3.8) is 0 Å². The zero-order valence-electron chi connectivity index (χ0n) is 12.6. The number of terminal acetylenes is 1. The molecule has 124 valence electrons. The summed E-state index contributed by atoms with van der Waals surface area (Å²) in [6.07, 6.45) is 9.51. The monoisotopic (exact) mass is 553 g/mol. The fraction of sp³-hybridized carbons (Fsp3) is 0.471. The van der Waals surface area contributed by atoms with Gasteiger partial charge < -0.3 is 5.11 Å². The Morgan fingerprint density at radius 2 is 2.22 bits per heavy atom. The maximum atomic E-state index is 11.7. The minimum absolute atomic E-state index is 0.406. The molecule has 6 heteroatoms. The second-order valence-corrected chi connectivity index (χ2v) is 8.59. The fourth-order valence-electron chi connectivity index (χ4n) is 3.11. The summed E-state index contributed by atoms with van der Waals surface area (Å²) in [5.41, 5.74) is 1.29. The number of hydrogen-bond acceptors (Lipinski definition) is 2. The van der Waals surface area contributed by atoms with Crippen molar-refractivity contribution >= 4 is 60.4 Å². The molecule has 1 fully saturated rings. The summed E-state index contributed by atoms with van der Waals surface area (Å²) < 4.78 is 2.42. The number of piperidine rings is 1. The quantitative estimate of drug-likeness (QED) is 0.323. The van der Waals surface area contributed by atoms with Gasteiger partial charge in [-0.15, -0.1) is 6.42 Å². The van der Waals surface area contributed by atoms with Crippen LogP contribution < -0.4 is 0 Å². The molecule has 0 aliphatic carbocycles. The van der Waals surface area contributed by atoms with Crippen LogP contribution in [0.4, 0.5) is 0 Å². The summed E-state index contributed by atoms with van der Waals surface area (Å²) in [6, 6.07) is 1.94. The van der Waals surface area contributed by atoms with E-state index in [4.69, 9.17) is 6.42 Å². The van der Waals surface area contributed by atoms with E-state index in [0.29, 0.717) is 18.0 Å². The second-order valence-electron chi connectivity index (χ2n) is 5.80. The highest BCUT2D eigenvalue weighted by Crippen LogP contribution is 2.34. The Morgan fingerprint density at radius 3 is 2.87 bits per heavy atom. The molecule has 1 aliphatic heterocycles. The Balaban J connectivity index is 2.13. The summed E-state index contributed by atoms with van der Waals surface area (Å²) >= 11 is 9.05. The van der Waals surface area contributed by atoms with Gasteiger partial charge in [0, 0.05) is 19.1 Å². The molecule has 1 saturated heterocycles. The second kappa shape index (κ2) is 8.84. The molecule has 0 aromatic heterocycles. The van der Waals surface area contributed by atoms with E-state index < -0.39 is 5.97 Å². The maximum absolute atomic E-state index is 11.7. The van der Waals surface area contributed by atoms with Crippen molar-refractivity contribution in [2.75, 3.05) is 19.6 Å². The highest BCUT2D eigenvalue weighted by atomic mass is 127. The first-order chi connectivity index (χ1) is 10.9. The highest BCUT2D eigenvalue weighted by Gasteiger charge is 2.23. The molecule has 1 atom stereocenters. The molecule has 1 unspecified atom stereocenters. The molecule has 0 spiro atoms. The van der Waals surface area contributed by atoms with Crippen molar-refractivity contribution < 1.29 is 9.90 Å². The van der Waals surface area contributed by atoms with Gasteiger partial charge in [-0.25, -0.2) is 4.79 Å². The van der Waals surface area contributed by atoms with Crippen LogP contribution >= 0.6 is 54.5 Å². The number of benzene rings is 1. The van der Waals surface area contributed by atoms with Crippen molar-refractivity contribution in [1.82, 2.24) is 4.90 Å². The Hall–Kier alpha value is -0.100. The summed E-state index contributed by atoms with van der Waals surface area (Å²) in [5, 5.41) is 9.57. The van der Waals surface area contributed by atoms with Crippen LogP contribution in [0.3, 0.4) is 0 Å². The van der Waals surface area contributed by atoms with E-state index in [9.17, 15) is 9.90 Å². The number of nitrogens with zero attached hydrogens (tertiary/aromatic N) is 1. The fourth-order valence-corrected chi connectivity index (χ4v) is 5.18. The van der Waals surface area contributed by atoms with Gasteiger partial charge in [-0.2, -0.15) is 0 Å². The van der Waals surface area contributed by atoms with Crippen LogP contribution in [0.5, 0.6) is 0 Å². The number of carbonyl (C=O) groups is 1. The number of carboxylic acid groups (broad SMARTS) is 1. The lowest BCUT2D eigenvalue weighted by molar-refractivity contribution is 0.0694. The van der Waals surface area contributed by atoms with Gasteiger partial charge in [0.15, 0.2) is 0 Å². The third-order valence-corrected chi connectivity index (χ3v) is 7.40. The van der Waals surface area contributed by atoms with Gasteiger partial charge in [0.05, 0.1) is 12.1 Å². The van der Waals surface area contributed by atoms with Crippen LogP contribution in [-0.4, -0.2) is 35.6 Å². The Morgan fingerprint density at radius 1 is 1.48 bits per heavy atom. The van der Waals surface area contributed by atoms with Crippen LogP contribution in [0.15, 0.2) is 15.0 Å². The summed E-state index contributed by atoms with van der Waals surface area (Å²) in [6.45, 7) is 2.79. The molecule has 0 bridgehead atoms. The first-order valence-corrected chi connectivity index (χ1v) is 10.2. The average molecular weight is 555 g/mol. The van der Waals surface area contributed by atoms with E-state index in [-0.39, 0.29) is 0 Å². The molecular weight excluding hydrogens is 537 g/mol. The molecule has 1 aliphatic rings. The zero-order valence-corrected chi connectivity index (χ0v) is 17.9. The van der Waals surface area contributed by atoms with Gasteiger partial charge in [0.25, 0.3) is 0 Å². The molecule has 2 rings (SSSR count). The third kappa shape index (κ3) is 4.94. The molecule has 0 amide bonds. The number of aromatic carboxylic acids is 1. The molecule has 1 heterocycles. The smallest absolute Gasteiger partial charge is 0.337 e. The number of carboxylic acids is 1. The SMILES string of the molecule is C#CCN1CCCC(CCc2c(Br)cc(Br)c(I)c2C(=O)O)C1. The van der Waals surface area contributed by atoms with Crippen molar-refractivity contribution in [2.24, 2.45) is 5.92 Å². The van der Waals surface area contributed by atoms with Gasteiger partial charge in [-0.3, -0.25) is 4.90 Å². The van der Waals surface area contributed by atoms with Crippen LogP contribution in [0.25, 0.3) is 0 Å². The zero-order chi connectivity index (χ0) is 17.0. The predicted molar refractivity (Wildman–Crippen MR) is 108 cm³/mol. The van der Waals surface area contributed by atoms with Crippen LogP contribution in [0.2, 0.25) is 0 Å². The third-order valence-electron chi connectivity index (χ3n) is 4.21. The molecule has 0 radical (unpaired) electrons. The lowest BCUT2D eigenvalue weighted by atomic mass is 9.90. The molecule has 23 heavy (non-hydrogen) atoms. The topological polar surface area (TPSA) is 40.5 Å². The largest absolute Gasteiger partial charge is 0.478 e. The van der Waals surface area contributed by atoms with Gasteiger partial charge in [-0.1, -0.05) is 21.9 Å². The Kier molecular flexibility index (Phi) is 7.39. The summed E-state index contributed by atoms with van der Waals surface area (Å²) in [4.78, 5) is 14.0. The first kappa shape index (κ1) is 19.2. The van der Waals surface area contributed by atoms with Gasteiger partial charge in [0.1, 0.15) is 0 Å². The Bertz CT molecular complexity index is 642. The maximum Gasteiger partial charge on any atom is 0.337 e. The van der Waals surface area contributed by atoms with E-state index in [2.05, 4.69) is 65.3 Å². The Labute approximate surface area is 167 Å². The standard InChI is InChI=1S/C17H18Br2INO2/c1-2-7-21-8-3-4-11(10-21)5-6-12-13(18)9-14(19)16(20)15(12)17(22)23/h1,9,11H,3-8,10H2,(H,22,23). The average Bonchev–Trinajstić information content (AvgIpc) is 2.50. The van der Waals surface area contributed by atoms with Crippen molar-refractivity contribution in [2.45, 2.75) is 25.7 Å². The number of hydrogen-bond donors (Lipinski definition) is 1. The van der Waals surface area contributed by atoms with E-state index in [1.54, 1.807) is 0 Å². The van der Waals surface area contributed by atoms with Crippen LogP contribution in [0, 0.1) is 21.8 Å². The van der Waals surface area contributed by atoms with Crippen molar-refractivity contribution in [3.8, 4) is 12.3 Å². The molecular formula is C17H18Br2INO2. The van der Waals surface area contributed by atoms with Crippen molar-refractivity contribution in [3.05, 3.63) is 29.7 Å². The van der Waals surface area contributed by atoms with Crippen LogP contribution in [-0.2, 0) is 6.42 Å².